The molecule has 0 saturated carbocycles. The standard InChI is InChI=1S/C21H18N4O2/c1-13(26)14-3-2-4-15(11-14)19-17-12-16(5-6-18(17)24-25-19)21(20(22)27)7-9-23-10-8-21/h2-7,9-12H,8H2,1H3,(H2,22,27)(H,24,25). The average molecular weight is 358 g/mol. The fraction of sp³-hybridized carbons (Fsp3) is 0.143. The molecule has 27 heavy (non-hydrogen) atoms. The van der Waals surface area contributed by atoms with E-state index in [1.54, 1.807) is 24.6 Å². The van der Waals surface area contributed by atoms with Crippen molar-refractivity contribution in [3.05, 3.63) is 65.9 Å². The Bertz CT molecular complexity index is 1130. The van der Waals surface area contributed by atoms with Crippen LogP contribution in [0, 0.1) is 0 Å². The third-order valence-corrected chi connectivity index (χ3v) is 5.02. The molecule has 0 aliphatic carbocycles. The number of carbonyl (C=O) groups excluding carboxylic acids is 2. The molecule has 1 unspecified atom stereocenters. The van der Waals surface area contributed by atoms with Gasteiger partial charge in [-0.1, -0.05) is 24.3 Å². The van der Waals surface area contributed by atoms with Crippen LogP contribution in [0.2, 0.25) is 0 Å². The summed E-state index contributed by atoms with van der Waals surface area (Å²) >= 11 is 0. The molecule has 2 heterocycles. The SMILES string of the molecule is CC(=O)c1cccc(-c2n[nH]c3ccc(C4(C(N)=O)C=CN=CC4)cc23)c1. The van der Waals surface area contributed by atoms with Gasteiger partial charge in [-0.3, -0.25) is 19.7 Å². The van der Waals surface area contributed by atoms with E-state index >= 15 is 0 Å². The molecule has 3 aromatic rings. The van der Waals surface area contributed by atoms with Crippen molar-refractivity contribution in [3.8, 4) is 11.3 Å². The number of nitrogens with two attached hydrogens (primary N) is 1. The van der Waals surface area contributed by atoms with Gasteiger partial charge in [-0.25, -0.2) is 0 Å². The largest absolute Gasteiger partial charge is 0.369 e. The molecule has 2 aromatic carbocycles. The molecule has 6 heteroatoms. The average Bonchev–Trinajstić information content (AvgIpc) is 3.11. The lowest BCUT2D eigenvalue weighted by Crippen LogP contribution is -2.40. The molecular weight excluding hydrogens is 340 g/mol. The van der Waals surface area contributed by atoms with Crippen LogP contribution in [-0.2, 0) is 10.2 Å². The minimum Gasteiger partial charge on any atom is -0.369 e. The first-order valence-electron chi connectivity index (χ1n) is 8.60. The van der Waals surface area contributed by atoms with Gasteiger partial charge in [-0.15, -0.1) is 0 Å². The summed E-state index contributed by atoms with van der Waals surface area (Å²) in [5.41, 5.74) is 8.63. The highest BCUT2D eigenvalue weighted by Crippen LogP contribution is 2.35. The lowest BCUT2D eigenvalue weighted by molar-refractivity contribution is -0.121. The second-order valence-corrected chi connectivity index (χ2v) is 6.66. The molecule has 1 atom stereocenters. The highest BCUT2D eigenvalue weighted by Gasteiger charge is 2.36. The van der Waals surface area contributed by atoms with Crippen molar-refractivity contribution in [1.82, 2.24) is 10.2 Å². The number of aromatic nitrogens is 2. The first-order chi connectivity index (χ1) is 13.0. The summed E-state index contributed by atoms with van der Waals surface area (Å²) in [4.78, 5) is 28.0. The van der Waals surface area contributed by atoms with Crippen LogP contribution in [0.1, 0.15) is 29.3 Å². The number of rotatable bonds is 4. The van der Waals surface area contributed by atoms with Gasteiger partial charge in [0.25, 0.3) is 0 Å². The molecule has 1 aliphatic heterocycles. The molecule has 4 rings (SSSR count). The van der Waals surface area contributed by atoms with Crippen LogP contribution in [0.4, 0.5) is 0 Å². The number of hydrogen-bond acceptors (Lipinski definition) is 4. The molecule has 0 bridgehead atoms. The maximum absolute atomic E-state index is 12.3. The Hall–Kier alpha value is -3.54. The number of Topliss-reactive ketones (excluding diaryl/α,β-unsaturated/α-hetero) is 1. The van der Waals surface area contributed by atoms with E-state index < -0.39 is 11.3 Å². The fourth-order valence-corrected chi connectivity index (χ4v) is 3.43. The summed E-state index contributed by atoms with van der Waals surface area (Å²) < 4.78 is 0. The van der Waals surface area contributed by atoms with Gasteiger partial charge in [0, 0.05) is 35.3 Å². The lowest BCUT2D eigenvalue weighted by Gasteiger charge is -2.27. The van der Waals surface area contributed by atoms with Crippen LogP contribution in [0.5, 0.6) is 0 Å². The molecule has 3 N–H and O–H groups in total. The molecule has 0 spiro atoms. The van der Waals surface area contributed by atoms with Crippen molar-refractivity contribution in [3.63, 3.8) is 0 Å². The van der Waals surface area contributed by atoms with Crippen molar-refractivity contribution in [2.24, 2.45) is 10.7 Å². The zero-order chi connectivity index (χ0) is 19.0. The Balaban J connectivity index is 1.88. The number of fused-ring (bicyclic) bond motifs is 1. The third-order valence-electron chi connectivity index (χ3n) is 5.02. The van der Waals surface area contributed by atoms with Crippen molar-refractivity contribution in [2.45, 2.75) is 18.8 Å². The molecule has 1 aliphatic rings. The van der Waals surface area contributed by atoms with Gasteiger partial charge in [-0.05, 0) is 36.8 Å². The quantitative estimate of drug-likeness (QED) is 0.701. The summed E-state index contributed by atoms with van der Waals surface area (Å²) in [6.07, 6.45) is 5.45. The molecule has 1 amide bonds. The van der Waals surface area contributed by atoms with Crippen molar-refractivity contribution < 1.29 is 9.59 Å². The first-order valence-corrected chi connectivity index (χ1v) is 8.60. The van der Waals surface area contributed by atoms with Gasteiger partial charge in [0.1, 0.15) is 0 Å². The fourth-order valence-electron chi connectivity index (χ4n) is 3.43. The van der Waals surface area contributed by atoms with Crippen LogP contribution in [0.15, 0.2) is 59.7 Å². The van der Waals surface area contributed by atoms with Crippen LogP contribution in [0.25, 0.3) is 22.2 Å². The number of nitrogens with one attached hydrogen (secondary N) is 1. The van der Waals surface area contributed by atoms with E-state index in [1.807, 2.05) is 36.4 Å². The third kappa shape index (κ3) is 2.75. The Labute approximate surface area is 155 Å². The summed E-state index contributed by atoms with van der Waals surface area (Å²) in [6.45, 7) is 1.54. The molecule has 134 valence electrons. The van der Waals surface area contributed by atoms with E-state index in [-0.39, 0.29) is 5.78 Å². The minimum absolute atomic E-state index is 0.00306. The molecule has 6 nitrogen and oxygen atoms in total. The molecule has 0 radical (unpaired) electrons. The lowest BCUT2D eigenvalue weighted by atomic mass is 9.76. The van der Waals surface area contributed by atoms with Gasteiger partial charge < -0.3 is 5.73 Å². The Morgan fingerprint density at radius 1 is 1.19 bits per heavy atom. The normalized spacial score (nSPS) is 18.7. The molecule has 0 fully saturated rings. The number of H-pyrrole nitrogens is 1. The van der Waals surface area contributed by atoms with Gasteiger partial charge in [0.2, 0.25) is 5.91 Å². The predicted molar refractivity (Wildman–Crippen MR) is 105 cm³/mol. The van der Waals surface area contributed by atoms with Crippen LogP contribution in [0.3, 0.4) is 0 Å². The number of ketones is 1. The summed E-state index contributed by atoms with van der Waals surface area (Å²) in [7, 11) is 0. The summed E-state index contributed by atoms with van der Waals surface area (Å²) in [6, 6.07) is 13.0. The highest BCUT2D eigenvalue weighted by atomic mass is 16.1. The van der Waals surface area contributed by atoms with Gasteiger partial charge in [0.15, 0.2) is 5.78 Å². The zero-order valence-corrected chi connectivity index (χ0v) is 14.8. The second kappa shape index (κ2) is 6.32. The van der Waals surface area contributed by atoms with Gasteiger partial charge >= 0.3 is 0 Å². The first kappa shape index (κ1) is 16.9. The van der Waals surface area contributed by atoms with E-state index in [0.29, 0.717) is 12.0 Å². The van der Waals surface area contributed by atoms with E-state index in [9.17, 15) is 9.59 Å². The number of carbonyl (C=O) groups is 2. The van der Waals surface area contributed by atoms with Crippen LogP contribution >= 0.6 is 0 Å². The van der Waals surface area contributed by atoms with Crippen molar-refractivity contribution in [1.29, 1.82) is 0 Å². The number of aromatic amines is 1. The molecule has 0 saturated heterocycles. The van der Waals surface area contributed by atoms with Crippen molar-refractivity contribution >= 4 is 28.8 Å². The number of nitrogens with zero attached hydrogens (tertiary/aromatic N) is 2. The summed E-state index contributed by atoms with van der Waals surface area (Å²) in [5.74, 6) is -0.426. The Morgan fingerprint density at radius 3 is 2.74 bits per heavy atom. The molecule has 1 aromatic heterocycles. The maximum atomic E-state index is 12.3. The van der Waals surface area contributed by atoms with Crippen LogP contribution in [-0.4, -0.2) is 28.1 Å². The number of hydrogen-bond donors (Lipinski definition) is 2. The predicted octanol–water partition coefficient (Wildman–Crippen LogP) is 3.14. The van der Waals surface area contributed by atoms with Crippen LogP contribution < -0.4 is 5.73 Å². The number of aliphatic imine (C=N–C) groups is 1. The highest BCUT2D eigenvalue weighted by molar-refractivity contribution is 5.99. The second-order valence-electron chi connectivity index (χ2n) is 6.66. The van der Waals surface area contributed by atoms with Crippen molar-refractivity contribution in [2.75, 3.05) is 0 Å². The molecular formula is C21H18N4O2. The Kier molecular flexibility index (Phi) is 3.96. The maximum Gasteiger partial charge on any atom is 0.232 e. The van der Waals surface area contributed by atoms with E-state index in [1.165, 1.54) is 6.92 Å². The number of primary amides is 1. The number of amides is 1. The van der Waals surface area contributed by atoms with E-state index in [0.717, 1.165) is 27.7 Å². The van der Waals surface area contributed by atoms with Gasteiger partial charge in [0.05, 0.1) is 16.6 Å². The summed E-state index contributed by atoms with van der Waals surface area (Å²) in [5, 5.41) is 8.30. The van der Waals surface area contributed by atoms with E-state index in [4.69, 9.17) is 5.73 Å². The van der Waals surface area contributed by atoms with Gasteiger partial charge in [-0.2, -0.15) is 5.10 Å². The smallest absolute Gasteiger partial charge is 0.232 e. The Morgan fingerprint density at radius 2 is 2.04 bits per heavy atom. The zero-order valence-electron chi connectivity index (χ0n) is 14.8. The topological polar surface area (TPSA) is 101 Å². The minimum atomic E-state index is -0.925. The number of benzene rings is 2. The monoisotopic (exact) mass is 358 g/mol. The van der Waals surface area contributed by atoms with E-state index in [2.05, 4.69) is 15.2 Å².